The van der Waals surface area contributed by atoms with Gasteiger partial charge in [0.1, 0.15) is 0 Å². The van der Waals surface area contributed by atoms with Gasteiger partial charge < -0.3 is 9.84 Å². The molecule has 1 fully saturated rings. The minimum Gasteiger partial charge on any atom is -0.339 e. The Morgan fingerprint density at radius 2 is 2.26 bits per heavy atom. The first-order chi connectivity index (χ1) is 8.70. The summed E-state index contributed by atoms with van der Waals surface area (Å²) in [4.78, 5) is 6.93. The maximum absolute atomic E-state index is 5.26. The van der Waals surface area contributed by atoms with Gasteiger partial charge in [-0.1, -0.05) is 25.9 Å². The molecule has 0 spiro atoms. The van der Waals surface area contributed by atoms with Crippen LogP contribution in [0.2, 0.25) is 0 Å². The van der Waals surface area contributed by atoms with E-state index < -0.39 is 0 Å². The number of nitrogens with zero attached hydrogens (tertiary/aromatic N) is 3. The highest BCUT2D eigenvalue weighted by molar-refractivity contribution is 5.85. The van der Waals surface area contributed by atoms with Gasteiger partial charge in [0.25, 0.3) is 0 Å². The molecule has 1 atom stereocenters. The molecule has 110 valence electrons. The summed E-state index contributed by atoms with van der Waals surface area (Å²) in [5, 5.41) is 7.50. The fourth-order valence-electron chi connectivity index (χ4n) is 2.38. The summed E-state index contributed by atoms with van der Waals surface area (Å²) in [5.41, 5.74) is 0. The van der Waals surface area contributed by atoms with Crippen LogP contribution in [0.25, 0.3) is 0 Å². The molecule has 19 heavy (non-hydrogen) atoms. The molecule has 0 aromatic carbocycles. The molecule has 1 aromatic rings. The first kappa shape index (κ1) is 16.4. The lowest BCUT2D eigenvalue weighted by Gasteiger charge is -2.26. The van der Waals surface area contributed by atoms with E-state index in [2.05, 4.69) is 41.1 Å². The van der Waals surface area contributed by atoms with Crippen molar-refractivity contribution in [3.63, 3.8) is 0 Å². The van der Waals surface area contributed by atoms with E-state index in [1.54, 1.807) is 0 Å². The van der Waals surface area contributed by atoms with E-state index in [9.17, 15) is 0 Å². The van der Waals surface area contributed by atoms with Crippen molar-refractivity contribution in [2.45, 2.75) is 52.1 Å². The van der Waals surface area contributed by atoms with Crippen LogP contribution in [-0.2, 0) is 6.54 Å². The Balaban J connectivity index is 0.00000180. The second kappa shape index (κ2) is 7.82. The van der Waals surface area contributed by atoms with E-state index in [1.807, 2.05) is 0 Å². The third-order valence-corrected chi connectivity index (χ3v) is 3.38. The molecule has 1 unspecified atom stereocenters. The summed E-state index contributed by atoms with van der Waals surface area (Å²) in [7, 11) is 0. The Labute approximate surface area is 121 Å². The molecule has 0 radical (unpaired) electrons. The van der Waals surface area contributed by atoms with Gasteiger partial charge in [-0.25, -0.2) is 0 Å². The van der Waals surface area contributed by atoms with Gasteiger partial charge in [0, 0.05) is 18.5 Å². The van der Waals surface area contributed by atoms with Crippen LogP contribution < -0.4 is 5.32 Å². The van der Waals surface area contributed by atoms with Crippen LogP contribution in [0.15, 0.2) is 4.52 Å². The van der Waals surface area contributed by atoms with Gasteiger partial charge in [-0.2, -0.15) is 4.98 Å². The number of halogens is 1. The third-order valence-electron chi connectivity index (χ3n) is 3.38. The molecule has 1 saturated heterocycles. The normalized spacial score (nSPS) is 19.1. The van der Waals surface area contributed by atoms with Gasteiger partial charge in [0.05, 0.1) is 6.54 Å². The van der Waals surface area contributed by atoms with Gasteiger partial charge in [-0.3, -0.25) is 4.90 Å². The zero-order valence-corrected chi connectivity index (χ0v) is 12.9. The number of hydrogen-bond acceptors (Lipinski definition) is 5. The Kier molecular flexibility index (Phi) is 6.75. The van der Waals surface area contributed by atoms with E-state index >= 15 is 0 Å². The molecule has 1 aliphatic heterocycles. The van der Waals surface area contributed by atoms with E-state index in [0.717, 1.165) is 44.3 Å². The molecule has 6 heteroatoms. The summed E-state index contributed by atoms with van der Waals surface area (Å²) >= 11 is 0. The molecule has 1 N–H and O–H groups in total. The second-order valence-corrected chi connectivity index (χ2v) is 5.32. The first-order valence-corrected chi connectivity index (χ1v) is 6.98. The van der Waals surface area contributed by atoms with Crippen molar-refractivity contribution < 1.29 is 4.52 Å². The van der Waals surface area contributed by atoms with Gasteiger partial charge >= 0.3 is 0 Å². The highest BCUT2D eigenvalue weighted by atomic mass is 35.5. The van der Waals surface area contributed by atoms with Gasteiger partial charge in [0.2, 0.25) is 5.89 Å². The largest absolute Gasteiger partial charge is 0.339 e. The standard InChI is InChI=1S/C13H24N4O.ClH/c1-4-7-17(11-5-6-14-8-11)9-12-15-13(10(2)3)18-16-12;/h10-11,14H,4-9H2,1-3H3;1H. The highest BCUT2D eigenvalue weighted by Crippen LogP contribution is 2.15. The third kappa shape index (κ3) is 4.44. The minimum atomic E-state index is 0. The number of aromatic nitrogens is 2. The monoisotopic (exact) mass is 288 g/mol. The van der Waals surface area contributed by atoms with Crippen molar-refractivity contribution >= 4 is 12.4 Å². The second-order valence-electron chi connectivity index (χ2n) is 5.32. The maximum Gasteiger partial charge on any atom is 0.229 e. The maximum atomic E-state index is 5.26. The van der Waals surface area contributed by atoms with Crippen LogP contribution in [-0.4, -0.2) is 40.7 Å². The highest BCUT2D eigenvalue weighted by Gasteiger charge is 2.23. The Bertz CT molecular complexity index is 363. The molecule has 1 aromatic heterocycles. The SMILES string of the molecule is CCCN(Cc1noc(C(C)C)n1)C1CCNC1.Cl. The summed E-state index contributed by atoms with van der Waals surface area (Å²) in [6, 6.07) is 0.617. The smallest absolute Gasteiger partial charge is 0.229 e. The van der Waals surface area contributed by atoms with Gasteiger partial charge in [0.15, 0.2) is 5.82 Å². The molecule has 0 bridgehead atoms. The molecule has 0 saturated carbocycles. The van der Waals surface area contributed by atoms with Crippen LogP contribution in [0.4, 0.5) is 0 Å². The van der Waals surface area contributed by atoms with Crippen LogP contribution in [0, 0.1) is 0 Å². The van der Waals surface area contributed by atoms with Crippen molar-refractivity contribution in [2.24, 2.45) is 0 Å². The molecule has 2 rings (SSSR count). The Hall–Kier alpha value is -0.650. The van der Waals surface area contributed by atoms with Crippen LogP contribution >= 0.6 is 12.4 Å². The molecular weight excluding hydrogens is 264 g/mol. The summed E-state index contributed by atoms with van der Waals surface area (Å²) < 4.78 is 5.26. The predicted octanol–water partition coefficient (Wildman–Crippen LogP) is 2.19. The molecule has 2 heterocycles. The van der Waals surface area contributed by atoms with E-state index in [-0.39, 0.29) is 12.4 Å². The quantitative estimate of drug-likeness (QED) is 0.870. The predicted molar refractivity (Wildman–Crippen MR) is 77.6 cm³/mol. The average molecular weight is 289 g/mol. The number of nitrogens with one attached hydrogen (secondary N) is 1. The first-order valence-electron chi connectivity index (χ1n) is 6.98. The van der Waals surface area contributed by atoms with Crippen LogP contribution in [0.3, 0.4) is 0 Å². The average Bonchev–Trinajstić information content (AvgIpc) is 2.99. The van der Waals surface area contributed by atoms with Crippen molar-refractivity contribution in [2.75, 3.05) is 19.6 Å². The van der Waals surface area contributed by atoms with Gasteiger partial charge in [-0.05, 0) is 25.9 Å². The van der Waals surface area contributed by atoms with Crippen molar-refractivity contribution in [1.82, 2.24) is 20.4 Å². The van der Waals surface area contributed by atoms with Gasteiger partial charge in [-0.15, -0.1) is 12.4 Å². The number of hydrogen-bond donors (Lipinski definition) is 1. The van der Waals surface area contributed by atoms with Crippen LogP contribution in [0.5, 0.6) is 0 Å². The zero-order valence-electron chi connectivity index (χ0n) is 12.1. The molecule has 5 nitrogen and oxygen atoms in total. The fourth-order valence-corrected chi connectivity index (χ4v) is 2.38. The summed E-state index contributed by atoms with van der Waals surface area (Å²) in [6.07, 6.45) is 2.38. The molecule has 1 aliphatic rings. The minimum absolute atomic E-state index is 0. The van der Waals surface area contributed by atoms with Crippen molar-refractivity contribution in [3.8, 4) is 0 Å². The Morgan fingerprint density at radius 1 is 1.47 bits per heavy atom. The Morgan fingerprint density at radius 3 is 2.79 bits per heavy atom. The zero-order chi connectivity index (χ0) is 13.0. The molecule has 0 amide bonds. The topological polar surface area (TPSA) is 54.2 Å². The van der Waals surface area contributed by atoms with E-state index in [1.165, 1.54) is 6.42 Å². The molecule has 0 aliphatic carbocycles. The fraction of sp³-hybridized carbons (Fsp3) is 0.846. The van der Waals surface area contributed by atoms with Crippen LogP contribution in [0.1, 0.15) is 51.2 Å². The van der Waals surface area contributed by atoms with E-state index in [4.69, 9.17) is 4.52 Å². The summed E-state index contributed by atoms with van der Waals surface area (Å²) in [5.74, 6) is 1.86. The van der Waals surface area contributed by atoms with E-state index in [0.29, 0.717) is 12.0 Å². The number of rotatable bonds is 6. The van der Waals surface area contributed by atoms with Crippen molar-refractivity contribution in [1.29, 1.82) is 0 Å². The molecular formula is C13H25ClN4O. The lowest BCUT2D eigenvalue weighted by atomic mass is 10.2. The summed E-state index contributed by atoms with van der Waals surface area (Å²) in [6.45, 7) is 10.5. The lowest BCUT2D eigenvalue weighted by molar-refractivity contribution is 0.192. The van der Waals surface area contributed by atoms with Crippen molar-refractivity contribution in [3.05, 3.63) is 11.7 Å². The lowest BCUT2D eigenvalue weighted by Crippen LogP contribution is -2.37.